The lowest BCUT2D eigenvalue weighted by Gasteiger charge is -1.97. The Balaban J connectivity index is 0.000000366. The number of hydrogen-bond acceptors (Lipinski definition) is 4. The summed E-state index contributed by atoms with van der Waals surface area (Å²) in [7, 11) is 1.31. The van der Waals surface area contributed by atoms with Gasteiger partial charge in [0.25, 0.3) is 0 Å². The number of carbonyl (C=O) groups is 1. The fourth-order valence-corrected chi connectivity index (χ4v) is 1.11. The molecule has 4 nitrogen and oxygen atoms in total. The number of aliphatic hydroxyl groups is 1. The van der Waals surface area contributed by atoms with Crippen LogP contribution in [0.2, 0.25) is 0 Å². The molecular formula is C12H17ClO4. The van der Waals surface area contributed by atoms with Crippen LogP contribution in [0.3, 0.4) is 0 Å². The maximum atomic E-state index is 10.8. The maximum absolute atomic E-state index is 10.8. The largest absolute Gasteiger partial charge is 0.508 e. The lowest BCUT2D eigenvalue weighted by atomic mass is 10.2. The molecule has 0 atom stereocenters. The minimum atomic E-state index is -0.398. The van der Waals surface area contributed by atoms with E-state index in [0.29, 0.717) is 11.4 Å². The van der Waals surface area contributed by atoms with Gasteiger partial charge in [-0.05, 0) is 37.1 Å². The van der Waals surface area contributed by atoms with Crippen molar-refractivity contribution in [1.29, 1.82) is 0 Å². The number of rotatable bonds is 4. The van der Waals surface area contributed by atoms with E-state index >= 15 is 0 Å². The fourth-order valence-electron chi connectivity index (χ4n) is 0.922. The Morgan fingerprint density at radius 1 is 1.29 bits per heavy atom. The van der Waals surface area contributed by atoms with Gasteiger partial charge in [-0.3, -0.25) is 0 Å². The molecule has 96 valence electrons. The number of phenols is 1. The molecule has 17 heavy (non-hydrogen) atoms. The monoisotopic (exact) mass is 260 g/mol. The van der Waals surface area contributed by atoms with Crippen LogP contribution in [0.4, 0.5) is 0 Å². The van der Waals surface area contributed by atoms with Gasteiger partial charge >= 0.3 is 5.97 Å². The zero-order chi connectivity index (χ0) is 13.1. The summed E-state index contributed by atoms with van der Waals surface area (Å²) in [5, 5.41) is 17.0. The van der Waals surface area contributed by atoms with Crippen molar-refractivity contribution < 1.29 is 19.7 Å². The van der Waals surface area contributed by atoms with Crippen molar-refractivity contribution in [2.24, 2.45) is 0 Å². The summed E-state index contributed by atoms with van der Waals surface area (Å²) in [6.07, 6.45) is 1.77. The summed E-state index contributed by atoms with van der Waals surface area (Å²) in [5.41, 5.74) is 0.435. The molecule has 1 aromatic carbocycles. The molecule has 0 aliphatic carbocycles. The number of halogens is 1. The first-order valence-corrected chi connectivity index (χ1v) is 5.73. The zero-order valence-electron chi connectivity index (χ0n) is 9.73. The molecule has 0 bridgehead atoms. The number of methoxy groups -OCH3 is 1. The summed E-state index contributed by atoms with van der Waals surface area (Å²) in [5.74, 6) is 0.406. The molecule has 0 aliphatic rings. The van der Waals surface area contributed by atoms with Crippen molar-refractivity contribution in [3.8, 4) is 5.75 Å². The van der Waals surface area contributed by atoms with Gasteiger partial charge in [-0.1, -0.05) is 0 Å². The van der Waals surface area contributed by atoms with Crippen molar-refractivity contribution in [3.63, 3.8) is 0 Å². The van der Waals surface area contributed by atoms with Gasteiger partial charge in [0.2, 0.25) is 0 Å². The number of esters is 1. The van der Waals surface area contributed by atoms with Crippen molar-refractivity contribution in [2.45, 2.75) is 12.8 Å². The minimum absolute atomic E-state index is 0.137. The highest BCUT2D eigenvalue weighted by Crippen LogP contribution is 2.09. The van der Waals surface area contributed by atoms with Crippen LogP contribution in [0.25, 0.3) is 0 Å². The second-order valence-corrected chi connectivity index (χ2v) is 3.54. The number of hydrogen-bond donors (Lipinski definition) is 2. The summed E-state index contributed by atoms with van der Waals surface area (Å²) >= 11 is 5.27. The normalized spacial score (nSPS) is 9.12. The van der Waals surface area contributed by atoms with Crippen molar-refractivity contribution in [2.75, 3.05) is 19.6 Å². The third-order valence-electron chi connectivity index (χ3n) is 1.83. The van der Waals surface area contributed by atoms with Gasteiger partial charge in [0.1, 0.15) is 5.75 Å². The number of aliphatic hydroxyl groups excluding tert-OH is 1. The SMILES string of the molecule is COC(=O)c1ccc(O)cc1.OCCCCCl. The Morgan fingerprint density at radius 2 is 1.88 bits per heavy atom. The number of phenolic OH excluding ortho intramolecular Hbond substituents is 1. The number of unbranched alkanes of at least 4 members (excludes halogenated alkanes) is 1. The zero-order valence-corrected chi connectivity index (χ0v) is 10.5. The number of ether oxygens (including phenoxy) is 1. The molecule has 0 aromatic heterocycles. The predicted molar refractivity (Wildman–Crippen MR) is 66.5 cm³/mol. The Labute approximate surface area is 106 Å². The molecule has 0 spiro atoms. The van der Waals surface area contributed by atoms with Crippen molar-refractivity contribution >= 4 is 17.6 Å². The summed E-state index contributed by atoms with van der Waals surface area (Å²) in [4.78, 5) is 10.8. The van der Waals surface area contributed by atoms with Crippen LogP contribution in [0.5, 0.6) is 5.75 Å². The second kappa shape index (κ2) is 9.93. The highest BCUT2D eigenvalue weighted by atomic mass is 35.5. The molecule has 0 heterocycles. The Kier molecular flexibility index (Phi) is 9.19. The van der Waals surface area contributed by atoms with E-state index in [0.717, 1.165) is 12.8 Å². The van der Waals surface area contributed by atoms with Gasteiger partial charge in [0.15, 0.2) is 0 Å². The van der Waals surface area contributed by atoms with E-state index < -0.39 is 5.97 Å². The molecule has 2 N–H and O–H groups in total. The number of aromatic hydroxyl groups is 1. The molecule has 5 heteroatoms. The molecule has 1 aromatic rings. The predicted octanol–water partition coefficient (Wildman–Crippen LogP) is 2.18. The second-order valence-electron chi connectivity index (χ2n) is 3.16. The number of alkyl halides is 1. The Morgan fingerprint density at radius 3 is 2.24 bits per heavy atom. The van der Waals surface area contributed by atoms with E-state index in [9.17, 15) is 4.79 Å². The molecular weight excluding hydrogens is 244 g/mol. The Hall–Kier alpha value is -1.26. The van der Waals surface area contributed by atoms with E-state index in [1.807, 2.05) is 0 Å². The van der Waals surface area contributed by atoms with E-state index in [4.69, 9.17) is 21.8 Å². The molecule has 1 rings (SSSR count). The first-order valence-electron chi connectivity index (χ1n) is 5.19. The van der Waals surface area contributed by atoms with E-state index in [1.165, 1.54) is 31.4 Å². The lowest BCUT2D eigenvalue weighted by molar-refractivity contribution is 0.0600. The third kappa shape index (κ3) is 7.60. The molecule has 0 saturated heterocycles. The Bertz CT molecular complexity index is 307. The summed E-state index contributed by atoms with van der Waals surface area (Å²) in [6.45, 7) is 0.271. The van der Waals surface area contributed by atoms with Gasteiger partial charge in [0.05, 0.1) is 12.7 Å². The fraction of sp³-hybridized carbons (Fsp3) is 0.417. The third-order valence-corrected chi connectivity index (χ3v) is 2.10. The van der Waals surface area contributed by atoms with Crippen LogP contribution >= 0.6 is 11.6 Å². The van der Waals surface area contributed by atoms with Crippen molar-refractivity contribution in [1.82, 2.24) is 0 Å². The van der Waals surface area contributed by atoms with Gasteiger partial charge in [-0.25, -0.2) is 4.79 Å². The molecule has 0 saturated carbocycles. The van der Waals surface area contributed by atoms with E-state index in [-0.39, 0.29) is 12.4 Å². The number of benzene rings is 1. The molecule has 0 unspecified atom stereocenters. The van der Waals surface area contributed by atoms with Gasteiger partial charge in [-0.2, -0.15) is 0 Å². The van der Waals surface area contributed by atoms with Gasteiger partial charge < -0.3 is 14.9 Å². The van der Waals surface area contributed by atoms with Crippen LogP contribution in [-0.2, 0) is 4.74 Å². The topological polar surface area (TPSA) is 66.8 Å². The molecule has 0 fully saturated rings. The highest BCUT2D eigenvalue weighted by molar-refractivity contribution is 6.17. The van der Waals surface area contributed by atoms with Crippen LogP contribution < -0.4 is 0 Å². The first kappa shape index (κ1) is 15.7. The van der Waals surface area contributed by atoms with Crippen LogP contribution in [0.15, 0.2) is 24.3 Å². The average molecular weight is 261 g/mol. The average Bonchev–Trinajstić information content (AvgIpc) is 2.37. The smallest absolute Gasteiger partial charge is 0.337 e. The standard InChI is InChI=1S/C8H8O3.C4H9ClO/c1-11-8(10)6-2-4-7(9)5-3-6;5-3-1-2-4-6/h2-5,9H,1H3;6H,1-4H2. The minimum Gasteiger partial charge on any atom is -0.508 e. The van der Waals surface area contributed by atoms with E-state index in [1.54, 1.807) is 0 Å². The maximum Gasteiger partial charge on any atom is 0.337 e. The summed E-state index contributed by atoms with van der Waals surface area (Å²) in [6, 6.07) is 5.88. The lowest BCUT2D eigenvalue weighted by Crippen LogP contribution is -1.99. The van der Waals surface area contributed by atoms with E-state index in [2.05, 4.69) is 4.74 Å². The van der Waals surface area contributed by atoms with Gasteiger partial charge in [-0.15, -0.1) is 11.6 Å². The van der Waals surface area contributed by atoms with Crippen LogP contribution in [0, 0.1) is 0 Å². The van der Waals surface area contributed by atoms with Crippen LogP contribution in [-0.4, -0.2) is 35.8 Å². The number of carbonyl (C=O) groups excluding carboxylic acids is 1. The molecule has 0 aliphatic heterocycles. The van der Waals surface area contributed by atoms with Gasteiger partial charge in [0, 0.05) is 12.5 Å². The quantitative estimate of drug-likeness (QED) is 0.495. The molecule has 0 amide bonds. The van der Waals surface area contributed by atoms with Crippen molar-refractivity contribution in [3.05, 3.63) is 29.8 Å². The molecule has 0 radical (unpaired) electrons. The summed E-state index contributed by atoms with van der Waals surface area (Å²) < 4.78 is 4.46. The first-order chi connectivity index (χ1) is 8.15. The van der Waals surface area contributed by atoms with Crippen LogP contribution in [0.1, 0.15) is 23.2 Å². The highest BCUT2D eigenvalue weighted by Gasteiger charge is 2.02.